The number of halogens is 1. The van der Waals surface area contributed by atoms with Crippen LogP contribution in [-0.4, -0.2) is 58.7 Å². The number of hydrogen-bond donors (Lipinski definition) is 1. The van der Waals surface area contributed by atoms with E-state index in [1.54, 1.807) is 6.92 Å². The normalized spacial score (nSPS) is 20.6. The second-order valence-corrected chi connectivity index (χ2v) is 5.24. The fraction of sp³-hybridized carbons (Fsp3) is 0.583. The zero-order valence-electron chi connectivity index (χ0n) is 11.2. The van der Waals surface area contributed by atoms with Crippen molar-refractivity contribution in [2.24, 2.45) is 0 Å². The summed E-state index contributed by atoms with van der Waals surface area (Å²) in [7, 11) is 2.07. The molecule has 1 saturated heterocycles. The number of aromatic nitrogens is 2. The summed E-state index contributed by atoms with van der Waals surface area (Å²) in [5.41, 5.74) is 0.537. The largest absolute Gasteiger partial charge is 0.476 e. The number of carbonyl (C=O) groups is 1. The molecule has 1 N–H and O–H groups in total. The van der Waals surface area contributed by atoms with Crippen LogP contribution >= 0.6 is 11.6 Å². The first-order valence-corrected chi connectivity index (χ1v) is 6.50. The lowest BCUT2D eigenvalue weighted by Gasteiger charge is -2.39. The minimum absolute atomic E-state index is 0.0240. The van der Waals surface area contributed by atoms with Crippen molar-refractivity contribution >= 4 is 23.4 Å². The average Bonchev–Trinajstić information content (AvgIpc) is 2.32. The summed E-state index contributed by atoms with van der Waals surface area (Å²) < 4.78 is 0. The van der Waals surface area contributed by atoms with E-state index < -0.39 is 5.97 Å². The molecule has 0 unspecified atom stereocenters. The molecule has 0 spiro atoms. The van der Waals surface area contributed by atoms with Crippen LogP contribution in [0.1, 0.15) is 23.0 Å². The molecule has 1 fully saturated rings. The van der Waals surface area contributed by atoms with Gasteiger partial charge in [0, 0.05) is 31.2 Å². The fourth-order valence-electron chi connectivity index (χ4n) is 2.42. The number of aromatic carboxylic acids is 1. The van der Waals surface area contributed by atoms with Crippen LogP contribution in [0.5, 0.6) is 0 Å². The molecule has 104 valence electrons. The summed E-state index contributed by atoms with van der Waals surface area (Å²) in [5, 5.41) is 9.12. The molecule has 19 heavy (non-hydrogen) atoms. The molecule has 0 bridgehead atoms. The van der Waals surface area contributed by atoms with Crippen molar-refractivity contribution in [2.75, 3.05) is 31.6 Å². The molecule has 7 heteroatoms. The maximum Gasteiger partial charge on any atom is 0.355 e. The van der Waals surface area contributed by atoms with Crippen LogP contribution in [0, 0.1) is 6.92 Å². The van der Waals surface area contributed by atoms with Crippen LogP contribution in [0.3, 0.4) is 0 Å². The van der Waals surface area contributed by atoms with E-state index in [4.69, 9.17) is 16.7 Å². The van der Waals surface area contributed by atoms with E-state index in [1.807, 2.05) is 0 Å². The molecule has 1 aliphatic heterocycles. The molecule has 6 nitrogen and oxygen atoms in total. The SMILES string of the molecule is Cc1c(C(=O)O)nc(Cl)nc1N1CCN(C)C[C@@H]1C. The summed E-state index contributed by atoms with van der Waals surface area (Å²) >= 11 is 5.84. The van der Waals surface area contributed by atoms with E-state index in [0.29, 0.717) is 11.4 Å². The van der Waals surface area contributed by atoms with Gasteiger partial charge in [-0.15, -0.1) is 0 Å². The molecule has 1 aromatic rings. The van der Waals surface area contributed by atoms with Gasteiger partial charge in [0.25, 0.3) is 0 Å². The first kappa shape index (κ1) is 14.0. The van der Waals surface area contributed by atoms with Gasteiger partial charge in [0.15, 0.2) is 5.69 Å². The highest BCUT2D eigenvalue weighted by molar-refractivity contribution is 6.28. The number of hydrogen-bond acceptors (Lipinski definition) is 5. The number of nitrogens with zero attached hydrogens (tertiary/aromatic N) is 4. The van der Waals surface area contributed by atoms with Crippen LogP contribution in [0.2, 0.25) is 5.28 Å². The highest BCUT2D eigenvalue weighted by atomic mass is 35.5. The highest BCUT2D eigenvalue weighted by Crippen LogP contribution is 2.25. The number of piperazine rings is 1. The maximum atomic E-state index is 11.2. The van der Waals surface area contributed by atoms with Gasteiger partial charge in [-0.1, -0.05) is 0 Å². The number of rotatable bonds is 2. The van der Waals surface area contributed by atoms with Crippen molar-refractivity contribution in [3.05, 3.63) is 16.5 Å². The van der Waals surface area contributed by atoms with Gasteiger partial charge in [-0.25, -0.2) is 14.8 Å². The van der Waals surface area contributed by atoms with Crippen molar-refractivity contribution in [3.63, 3.8) is 0 Å². The predicted molar refractivity (Wildman–Crippen MR) is 73.0 cm³/mol. The molecule has 0 aliphatic carbocycles. The summed E-state index contributed by atoms with van der Waals surface area (Å²) in [6, 6.07) is 0.255. The van der Waals surface area contributed by atoms with Gasteiger partial charge >= 0.3 is 5.97 Å². The minimum atomic E-state index is -1.08. The fourth-order valence-corrected chi connectivity index (χ4v) is 2.59. The summed E-state index contributed by atoms with van der Waals surface area (Å²) in [5.74, 6) is -0.456. The first-order valence-electron chi connectivity index (χ1n) is 6.12. The third-order valence-electron chi connectivity index (χ3n) is 3.40. The Morgan fingerprint density at radius 1 is 1.42 bits per heavy atom. The Morgan fingerprint density at radius 2 is 2.11 bits per heavy atom. The lowest BCUT2D eigenvalue weighted by Crippen LogP contribution is -2.51. The Balaban J connectivity index is 2.42. The van der Waals surface area contributed by atoms with Crippen LogP contribution in [-0.2, 0) is 0 Å². The Hall–Kier alpha value is -1.40. The molecule has 1 aromatic heterocycles. The predicted octanol–water partition coefficient (Wildman–Crippen LogP) is 1.28. The molecule has 0 amide bonds. The third kappa shape index (κ3) is 2.79. The van der Waals surface area contributed by atoms with E-state index in [1.165, 1.54) is 0 Å². The lowest BCUT2D eigenvalue weighted by atomic mass is 10.1. The summed E-state index contributed by atoms with van der Waals surface area (Å²) in [6.45, 7) is 6.42. The van der Waals surface area contributed by atoms with Crippen LogP contribution < -0.4 is 4.90 Å². The molecule has 2 rings (SSSR count). The highest BCUT2D eigenvalue weighted by Gasteiger charge is 2.26. The molecule has 0 radical (unpaired) electrons. The van der Waals surface area contributed by atoms with E-state index >= 15 is 0 Å². The average molecular weight is 285 g/mol. The molecule has 1 atom stereocenters. The zero-order valence-corrected chi connectivity index (χ0v) is 12.0. The Bertz CT molecular complexity index is 509. The van der Waals surface area contributed by atoms with E-state index in [0.717, 1.165) is 19.6 Å². The van der Waals surface area contributed by atoms with E-state index in [2.05, 4.69) is 33.7 Å². The molecule has 2 heterocycles. The smallest absolute Gasteiger partial charge is 0.355 e. The Labute approximate surface area is 117 Å². The quantitative estimate of drug-likeness (QED) is 0.825. The first-order chi connectivity index (χ1) is 8.90. The van der Waals surface area contributed by atoms with Gasteiger partial charge in [-0.2, -0.15) is 0 Å². The minimum Gasteiger partial charge on any atom is -0.476 e. The number of anilines is 1. The van der Waals surface area contributed by atoms with Crippen molar-refractivity contribution in [2.45, 2.75) is 19.9 Å². The standard InChI is InChI=1S/C12H17ClN4O2/c1-7-6-16(3)4-5-17(7)10-8(2)9(11(18)19)14-12(13)15-10/h7H,4-6H2,1-3H3,(H,18,19)/t7-/m0/s1. The van der Waals surface area contributed by atoms with Crippen LogP contribution in [0.25, 0.3) is 0 Å². The number of carboxylic acid groups (broad SMARTS) is 1. The second-order valence-electron chi connectivity index (χ2n) is 4.90. The van der Waals surface area contributed by atoms with Crippen molar-refractivity contribution in [3.8, 4) is 0 Å². The number of likely N-dealkylation sites (N-methyl/N-ethyl adjacent to an activating group) is 1. The Kier molecular flexibility index (Phi) is 3.91. The molecule has 0 aromatic carbocycles. The Morgan fingerprint density at radius 3 is 2.68 bits per heavy atom. The van der Waals surface area contributed by atoms with Gasteiger partial charge < -0.3 is 14.9 Å². The third-order valence-corrected chi connectivity index (χ3v) is 3.57. The number of carboxylic acids is 1. The topological polar surface area (TPSA) is 69.6 Å². The van der Waals surface area contributed by atoms with E-state index in [-0.39, 0.29) is 17.0 Å². The van der Waals surface area contributed by atoms with Gasteiger partial charge in [-0.05, 0) is 32.5 Å². The summed E-state index contributed by atoms with van der Waals surface area (Å²) in [4.78, 5) is 23.5. The van der Waals surface area contributed by atoms with Gasteiger partial charge in [0.2, 0.25) is 5.28 Å². The van der Waals surface area contributed by atoms with Crippen LogP contribution in [0.4, 0.5) is 5.82 Å². The van der Waals surface area contributed by atoms with Crippen molar-refractivity contribution in [1.82, 2.24) is 14.9 Å². The molecular formula is C12H17ClN4O2. The van der Waals surface area contributed by atoms with Gasteiger partial charge in [-0.3, -0.25) is 0 Å². The molecule has 0 saturated carbocycles. The van der Waals surface area contributed by atoms with Crippen molar-refractivity contribution in [1.29, 1.82) is 0 Å². The van der Waals surface area contributed by atoms with Gasteiger partial charge in [0.05, 0.1) is 0 Å². The van der Waals surface area contributed by atoms with Gasteiger partial charge in [0.1, 0.15) is 5.82 Å². The van der Waals surface area contributed by atoms with Crippen molar-refractivity contribution < 1.29 is 9.90 Å². The zero-order chi connectivity index (χ0) is 14.2. The maximum absolute atomic E-state index is 11.2. The van der Waals surface area contributed by atoms with E-state index in [9.17, 15) is 4.79 Å². The summed E-state index contributed by atoms with van der Waals surface area (Å²) in [6.07, 6.45) is 0. The monoisotopic (exact) mass is 284 g/mol. The lowest BCUT2D eigenvalue weighted by molar-refractivity contribution is 0.0689. The molecule has 1 aliphatic rings. The second kappa shape index (κ2) is 5.30. The van der Waals surface area contributed by atoms with Crippen LogP contribution in [0.15, 0.2) is 0 Å². The molecular weight excluding hydrogens is 268 g/mol.